The largest absolute Gasteiger partial charge is 0.487 e. The number of halogens is 2. The second kappa shape index (κ2) is 5.80. The smallest absolute Gasteiger partial charge is 0.138 e. The van der Waals surface area contributed by atoms with Crippen LogP contribution in [0.15, 0.2) is 36.5 Å². The molecule has 2 N–H and O–H groups in total. The Morgan fingerprint density at radius 2 is 2.17 bits per heavy atom. The van der Waals surface area contributed by atoms with Crippen molar-refractivity contribution in [2.24, 2.45) is 5.73 Å². The molecule has 0 saturated carbocycles. The number of nitrogens with two attached hydrogens (primary N) is 1. The van der Waals surface area contributed by atoms with Gasteiger partial charge in [-0.15, -0.1) is 0 Å². The van der Waals surface area contributed by atoms with Gasteiger partial charge in [0.1, 0.15) is 18.2 Å². The Morgan fingerprint density at radius 3 is 2.89 bits per heavy atom. The summed E-state index contributed by atoms with van der Waals surface area (Å²) >= 11 is 5.86. The van der Waals surface area contributed by atoms with Gasteiger partial charge in [-0.3, -0.25) is 4.98 Å². The number of ether oxygens (including phenoxy) is 1. The molecule has 0 aliphatic heterocycles. The average Bonchev–Trinajstić information content (AvgIpc) is 2.38. The van der Waals surface area contributed by atoms with E-state index in [-0.39, 0.29) is 5.02 Å². The summed E-state index contributed by atoms with van der Waals surface area (Å²) in [6.45, 7) is 0.641. The van der Waals surface area contributed by atoms with Gasteiger partial charge in [-0.1, -0.05) is 17.7 Å². The lowest BCUT2D eigenvalue weighted by Gasteiger charge is -2.10. The van der Waals surface area contributed by atoms with Crippen molar-refractivity contribution < 1.29 is 9.13 Å². The number of aromatic nitrogens is 1. The Balaban J connectivity index is 2.11. The first-order chi connectivity index (χ1) is 8.70. The Hall–Kier alpha value is -1.65. The molecule has 0 fully saturated rings. The molecule has 0 saturated heterocycles. The summed E-state index contributed by atoms with van der Waals surface area (Å²) < 4.78 is 18.4. The number of benzene rings is 1. The van der Waals surface area contributed by atoms with E-state index in [1.807, 2.05) is 12.1 Å². The standard InChI is InChI=1S/C13H12ClFN2O/c14-11-6-10(15)3-4-13(11)18-8-9-2-1-5-17-12(9)7-16/h1-6H,7-8,16H2. The molecule has 18 heavy (non-hydrogen) atoms. The zero-order valence-electron chi connectivity index (χ0n) is 9.57. The van der Waals surface area contributed by atoms with Crippen LogP contribution < -0.4 is 10.5 Å². The van der Waals surface area contributed by atoms with E-state index in [1.165, 1.54) is 18.2 Å². The Kier molecular flexibility index (Phi) is 4.12. The van der Waals surface area contributed by atoms with Gasteiger partial charge in [0.25, 0.3) is 0 Å². The van der Waals surface area contributed by atoms with Crippen molar-refractivity contribution in [2.45, 2.75) is 13.2 Å². The minimum atomic E-state index is -0.392. The summed E-state index contributed by atoms with van der Waals surface area (Å²) in [5.74, 6) is 0.0428. The minimum Gasteiger partial charge on any atom is -0.487 e. The molecule has 0 bridgehead atoms. The lowest BCUT2D eigenvalue weighted by Crippen LogP contribution is -2.06. The van der Waals surface area contributed by atoms with Gasteiger partial charge in [-0.05, 0) is 24.3 Å². The summed E-state index contributed by atoms with van der Waals surface area (Å²) in [6.07, 6.45) is 1.68. The van der Waals surface area contributed by atoms with Crippen LogP contribution in [0.1, 0.15) is 11.3 Å². The SMILES string of the molecule is NCc1ncccc1COc1ccc(F)cc1Cl. The predicted octanol–water partition coefficient (Wildman–Crippen LogP) is 2.91. The summed E-state index contributed by atoms with van der Waals surface area (Å²) in [7, 11) is 0. The van der Waals surface area contributed by atoms with Crippen molar-refractivity contribution in [3.05, 3.63) is 58.6 Å². The van der Waals surface area contributed by atoms with Crippen LogP contribution in [0.2, 0.25) is 5.02 Å². The molecular weight excluding hydrogens is 255 g/mol. The summed E-state index contributed by atoms with van der Waals surface area (Å²) in [5.41, 5.74) is 7.24. The lowest BCUT2D eigenvalue weighted by atomic mass is 10.2. The molecule has 0 radical (unpaired) electrons. The average molecular weight is 267 g/mol. The molecule has 0 spiro atoms. The van der Waals surface area contributed by atoms with Gasteiger partial charge in [0.15, 0.2) is 0 Å². The summed E-state index contributed by atoms with van der Waals surface area (Å²) in [5, 5.41) is 0.244. The van der Waals surface area contributed by atoms with E-state index in [9.17, 15) is 4.39 Å². The van der Waals surface area contributed by atoms with Crippen molar-refractivity contribution in [1.29, 1.82) is 0 Å². The molecule has 1 aromatic heterocycles. The molecule has 5 heteroatoms. The molecule has 1 heterocycles. The van der Waals surface area contributed by atoms with Crippen molar-refractivity contribution >= 4 is 11.6 Å². The number of hydrogen-bond donors (Lipinski definition) is 1. The fraction of sp³-hybridized carbons (Fsp3) is 0.154. The van der Waals surface area contributed by atoms with E-state index in [2.05, 4.69) is 4.98 Å². The highest BCUT2D eigenvalue weighted by molar-refractivity contribution is 6.32. The predicted molar refractivity (Wildman–Crippen MR) is 67.9 cm³/mol. The Labute approximate surface area is 109 Å². The van der Waals surface area contributed by atoms with Crippen LogP contribution in [-0.4, -0.2) is 4.98 Å². The van der Waals surface area contributed by atoms with Crippen molar-refractivity contribution in [3.63, 3.8) is 0 Å². The van der Waals surface area contributed by atoms with Crippen LogP contribution >= 0.6 is 11.6 Å². The fourth-order valence-electron chi connectivity index (χ4n) is 1.53. The minimum absolute atomic E-state index is 0.244. The first kappa shape index (κ1) is 12.8. The van der Waals surface area contributed by atoms with Gasteiger partial charge < -0.3 is 10.5 Å². The Morgan fingerprint density at radius 1 is 1.33 bits per heavy atom. The molecule has 1 aromatic carbocycles. The van der Waals surface area contributed by atoms with Crippen molar-refractivity contribution in [2.75, 3.05) is 0 Å². The third-order valence-corrected chi connectivity index (χ3v) is 2.75. The second-order valence-electron chi connectivity index (χ2n) is 3.68. The van der Waals surface area contributed by atoms with E-state index in [0.29, 0.717) is 18.9 Å². The quantitative estimate of drug-likeness (QED) is 0.926. The van der Waals surface area contributed by atoms with Crippen LogP contribution in [-0.2, 0) is 13.2 Å². The van der Waals surface area contributed by atoms with Gasteiger partial charge in [0.05, 0.1) is 10.7 Å². The molecule has 2 aromatic rings. The highest BCUT2D eigenvalue weighted by Crippen LogP contribution is 2.25. The maximum atomic E-state index is 12.9. The molecule has 2 rings (SSSR count). The number of hydrogen-bond acceptors (Lipinski definition) is 3. The number of nitrogens with zero attached hydrogens (tertiary/aromatic N) is 1. The normalized spacial score (nSPS) is 10.4. The van der Waals surface area contributed by atoms with Crippen LogP contribution in [0.25, 0.3) is 0 Å². The number of rotatable bonds is 4. The van der Waals surface area contributed by atoms with Gasteiger partial charge in [-0.2, -0.15) is 0 Å². The van der Waals surface area contributed by atoms with Crippen molar-refractivity contribution in [3.8, 4) is 5.75 Å². The highest BCUT2D eigenvalue weighted by atomic mass is 35.5. The molecule has 0 aliphatic rings. The van der Waals surface area contributed by atoms with E-state index in [0.717, 1.165) is 11.3 Å². The van der Waals surface area contributed by atoms with Crippen LogP contribution in [0, 0.1) is 5.82 Å². The summed E-state index contributed by atoms with van der Waals surface area (Å²) in [6, 6.07) is 7.70. The maximum absolute atomic E-state index is 12.9. The Bertz CT molecular complexity index is 548. The molecule has 0 atom stereocenters. The second-order valence-corrected chi connectivity index (χ2v) is 4.08. The van der Waals surface area contributed by atoms with E-state index in [1.54, 1.807) is 6.20 Å². The van der Waals surface area contributed by atoms with Crippen LogP contribution in [0.4, 0.5) is 4.39 Å². The fourth-order valence-corrected chi connectivity index (χ4v) is 1.76. The molecule has 3 nitrogen and oxygen atoms in total. The molecule has 0 aliphatic carbocycles. The summed E-state index contributed by atoms with van der Waals surface area (Å²) in [4.78, 5) is 4.15. The topological polar surface area (TPSA) is 48.1 Å². The van der Waals surface area contributed by atoms with Crippen molar-refractivity contribution in [1.82, 2.24) is 4.98 Å². The molecule has 0 amide bonds. The maximum Gasteiger partial charge on any atom is 0.138 e. The third-order valence-electron chi connectivity index (χ3n) is 2.45. The van der Waals surface area contributed by atoms with Crippen LogP contribution in [0.5, 0.6) is 5.75 Å². The zero-order valence-corrected chi connectivity index (χ0v) is 10.3. The first-order valence-corrected chi connectivity index (χ1v) is 5.79. The van der Waals surface area contributed by atoms with Gasteiger partial charge in [0.2, 0.25) is 0 Å². The number of pyridine rings is 1. The van der Waals surface area contributed by atoms with Gasteiger partial charge >= 0.3 is 0 Å². The molecular formula is C13H12ClFN2O. The van der Waals surface area contributed by atoms with Gasteiger partial charge in [0, 0.05) is 18.3 Å². The van der Waals surface area contributed by atoms with E-state index >= 15 is 0 Å². The monoisotopic (exact) mass is 266 g/mol. The van der Waals surface area contributed by atoms with Crippen LogP contribution in [0.3, 0.4) is 0 Å². The molecule has 94 valence electrons. The lowest BCUT2D eigenvalue weighted by molar-refractivity contribution is 0.304. The van der Waals surface area contributed by atoms with E-state index < -0.39 is 5.82 Å². The molecule has 0 unspecified atom stereocenters. The highest BCUT2D eigenvalue weighted by Gasteiger charge is 2.06. The van der Waals surface area contributed by atoms with E-state index in [4.69, 9.17) is 22.1 Å². The zero-order chi connectivity index (χ0) is 13.0. The van der Waals surface area contributed by atoms with Gasteiger partial charge in [-0.25, -0.2) is 4.39 Å². The third kappa shape index (κ3) is 2.97. The first-order valence-electron chi connectivity index (χ1n) is 5.41.